The Morgan fingerprint density at radius 1 is 1.43 bits per heavy atom. The van der Waals surface area contributed by atoms with Crippen molar-refractivity contribution in [2.45, 2.75) is 32.2 Å². The molecule has 0 radical (unpaired) electrons. The van der Waals surface area contributed by atoms with E-state index < -0.39 is 5.82 Å². The Morgan fingerprint density at radius 3 is 3.05 bits per heavy atom. The predicted molar refractivity (Wildman–Crippen MR) is 78.4 cm³/mol. The van der Waals surface area contributed by atoms with Crippen LogP contribution in [0.3, 0.4) is 0 Å². The van der Waals surface area contributed by atoms with Gasteiger partial charge in [-0.3, -0.25) is 0 Å². The van der Waals surface area contributed by atoms with Gasteiger partial charge in [0.05, 0.1) is 0 Å². The Morgan fingerprint density at radius 2 is 2.29 bits per heavy atom. The van der Waals surface area contributed by atoms with Gasteiger partial charge in [-0.05, 0) is 44.0 Å². The molecule has 2 aromatic rings. The zero-order valence-electron chi connectivity index (χ0n) is 11.9. The Kier molecular flexibility index (Phi) is 3.84. The molecule has 1 aliphatic carbocycles. The van der Waals surface area contributed by atoms with Crippen LogP contribution >= 0.6 is 0 Å². The highest BCUT2D eigenvalue weighted by Crippen LogP contribution is 2.30. The number of phenols is 1. The maximum Gasteiger partial charge on any atom is 0.165 e. The number of halogens is 1. The Hall–Kier alpha value is -2.01. The van der Waals surface area contributed by atoms with Crippen molar-refractivity contribution < 1.29 is 9.50 Å². The molecule has 1 aromatic carbocycles. The van der Waals surface area contributed by atoms with Crippen LogP contribution in [0.25, 0.3) is 11.4 Å². The third-order valence-electron chi connectivity index (χ3n) is 3.84. The minimum absolute atomic E-state index is 0.310. The lowest BCUT2D eigenvalue weighted by Crippen LogP contribution is -2.25. The lowest BCUT2D eigenvalue weighted by molar-refractivity contribution is 0.432. The number of benzene rings is 1. The minimum Gasteiger partial charge on any atom is -0.505 e. The molecule has 1 unspecified atom stereocenters. The molecule has 0 saturated carbocycles. The number of nitrogens with zero attached hydrogens (tertiary/aromatic N) is 2. The van der Waals surface area contributed by atoms with E-state index in [0.29, 0.717) is 17.4 Å². The average Bonchev–Trinajstić information content (AvgIpc) is 2.50. The van der Waals surface area contributed by atoms with E-state index in [1.54, 1.807) is 6.07 Å². The first-order valence-corrected chi connectivity index (χ1v) is 7.27. The van der Waals surface area contributed by atoms with Gasteiger partial charge in [0.25, 0.3) is 0 Å². The van der Waals surface area contributed by atoms with E-state index in [4.69, 9.17) is 0 Å². The second-order valence-corrected chi connectivity index (χ2v) is 5.26. The van der Waals surface area contributed by atoms with Crippen molar-refractivity contribution in [1.29, 1.82) is 0 Å². The topological polar surface area (TPSA) is 58.0 Å². The largest absolute Gasteiger partial charge is 0.505 e. The van der Waals surface area contributed by atoms with Crippen LogP contribution in [0.4, 0.5) is 4.39 Å². The van der Waals surface area contributed by atoms with Crippen molar-refractivity contribution >= 4 is 0 Å². The van der Waals surface area contributed by atoms with Crippen molar-refractivity contribution in [1.82, 2.24) is 15.3 Å². The summed E-state index contributed by atoms with van der Waals surface area (Å²) >= 11 is 0. The van der Waals surface area contributed by atoms with E-state index >= 15 is 0 Å². The van der Waals surface area contributed by atoms with Gasteiger partial charge in [0.1, 0.15) is 0 Å². The first kappa shape index (κ1) is 13.9. The van der Waals surface area contributed by atoms with Crippen molar-refractivity contribution in [2.75, 3.05) is 6.54 Å². The van der Waals surface area contributed by atoms with Crippen LogP contribution in [0, 0.1) is 5.82 Å². The number of fused-ring (bicyclic) bond motifs is 1. The standard InChI is InChI=1S/C16H18FN3O/c1-2-18-13-4-3-5-14-11(13)9-19-16(20-14)10-6-7-15(21)12(17)8-10/h6-9,13,18,21H,2-5H2,1H3. The summed E-state index contributed by atoms with van der Waals surface area (Å²) in [5.74, 6) is -0.506. The SMILES string of the molecule is CCNC1CCCc2nc(-c3ccc(O)c(F)c3)ncc21. The van der Waals surface area contributed by atoms with E-state index in [1.165, 1.54) is 12.1 Å². The van der Waals surface area contributed by atoms with E-state index in [2.05, 4.69) is 22.2 Å². The van der Waals surface area contributed by atoms with Crippen molar-refractivity contribution in [2.24, 2.45) is 0 Å². The van der Waals surface area contributed by atoms with Crippen molar-refractivity contribution in [3.8, 4) is 17.1 Å². The highest BCUT2D eigenvalue weighted by Gasteiger charge is 2.21. The van der Waals surface area contributed by atoms with Crippen LogP contribution in [0.15, 0.2) is 24.4 Å². The zero-order valence-corrected chi connectivity index (χ0v) is 11.9. The highest BCUT2D eigenvalue weighted by atomic mass is 19.1. The summed E-state index contributed by atoms with van der Waals surface area (Å²) in [5.41, 5.74) is 2.76. The van der Waals surface area contributed by atoms with Gasteiger partial charge in [0.15, 0.2) is 17.4 Å². The van der Waals surface area contributed by atoms with Gasteiger partial charge in [-0.1, -0.05) is 6.92 Å². The second kappa shape index (κ2) is 5.77. The average molecular weight is 287 g/mol. The molecule has 1 atom stereocenters. The molecule has 2 N–H and O–H groups in total. The summed E-state index contributed by atoms with van der Waals surface area (Å²) in [4.78, 5) is 8.95. The van der Waals surface area contributed by atoms with Gasteiger partial charge >= 0.3 is 0 Å². The Bertz CT molecular complexity index is 660. The fourth-order valence-electron chi connectivity index (χ4n) is 2.79. The van der Waals surface area contributed by atoms with Crippen molar-refractivity contribution in [3.05, 3.63) is 41.5 Å². The van der Waals surface area contributed by atoms with Crippen LogP contribution in [-0.2, 0) is 6.42 Å². The summed E-state index contributed by atoms with van der Waals surface area (Å²) in [6, 6.07) is 4.53. The number of rotatable bonds is 3. The van der Waals surface area contributed by atoms with E-state index in [1.807, 2.05) is 6.20 Å². The highest BCUT2D eigenvalue weighted by molar-refractivity contribution is 5.57. The van der Waals surface area contributed by atoms with Gasteiger partial charge in [-0.2, -0.15) is 0 Å². The Balaban J connectivity index is 1.97. The first-order chi connectivity index (χ1) is 10.2. The summed E-state index contributed by atoms with van der Waals surface area (Å²) in [6.45, 7) is 3.00. The molecule has 1 heterocycles. The number of nitrogens with one attached hydrogen (secondary N) is 1. The summed E-state index contributed by atoms with van der Waals surface area (Å²) in [7, 11) is 0. The van der Waals surface area contributed by atoms with Crippen molar-refractivity contribution in [3.63, 3.8) is 0 Å². The van der Waals surface area contributed by atoms with Gasteiger partial charge in [-0.25, -0.2) is 14.4 Å². The molecule has 3 rings (SSSR count). The number of phenolic OH excluding ortho intramolecular Hbond substituents is 1. The molecular formula is C16H18FN3O. The molecule has 0 saturated heterocycles. The minimum atomic E-state index is -0.653. The Labute approximate surface area is 123 Å². The molecule has 0 fully saturated rings. The van der Waals surface area contributed by atoms with Gasteiger partial charge in [0.2, 0.25) is 0 Å². The fraction of sp³-hybridized carbons (Fsp3) is 0.375. The molecule has 4 nitrogen and oxygen atoms in total. The summed E-state index contributed by atoms with van der Waals surface area (Å²) in [6.07, 6.45) is 4.95. The third-order valence-corrected chi connectivity index (χ3v) is 3.84. The lowest BCUT2D eigenvalue weighted by Gasteiger charge is -2.25. The number of hydrogen-bond donors (Lipinski definition) is 2. The zero-order chi connectivity index (χ0) is 14.8. The molecule has 1 aromatic heterocycles. The maximum atomic E-state index is 13.5. The quantitative estimate of drug-likeness (QED) is 0.911. The van der Waals surface area contributed by atoms with Gasteiger partial charge in [-0.15, -0.1) is 0 Å². The molecule has 1 aliphatic rings. The number of aryl methyl sites for hydroxylation is 1. The summed E-state index contributed by atoms with van der Waals surface area (Å²) < 4.78 is 13.5. The molecule has 5 heteroatoms. The summed E-state index contributed by atoms with van der Waals surface area (Å²) in [5, 5.41) is 12.7. The predicted octanol–water partition coefficient (Wildman–Crippen LogP) is 2.98. The monoisotopic (exact) mass is 287 g/mol. The number of hydrogen-bond acceptors (Lipinski definition) is 4. The molecule has 0 spiro atoms. The molecular weight excluding hydrogens is 269 g/mol. The van der Waals surface area contributed by atoms with E-state index in [0.717, 1.165) is 37.1 Å². The number of aromatic hydroxyl groups is 1. The molecule has 0 aliphatic heterocycles. The molecule has 110 valence electrons. The smallest absolute Gasteiger partial charge is 0.165 e. The number of aromatic nitrogens is 2. The van der Waals surface area contributed by atoms with E-state index in [9.17, 15) is 9.50 Å². The normalized spacial score (nSPS) is 17.5. The molecule has 21 heavy (non-hydrogen) atoms. The van der Waals surface area contributed by atoms with Crippen LogP contribution in [-0.4, -0.2) is 21.6 Å². The van der Waals surface area contributed by atoms with E-state index in [-0.39, 0.29) is 5.75 Å². The second-order valence-electron chi connectivity index (χ2n) is 5.26. The van der Waals surface area contributed by atoms with Crippen LogP contribution < -0.4 is 5.32 Å². The fourth-order valence-corrected chi connectivity index (χ4v) is 2.79. The molecule has 0 amide bonds. The van der Waals surface area contributed by atoms with Gasteiger partial charge < -0.3 is 10.4 Å². The van der Waals surface area contributed by atoms with Crippen LogP contribution in [0.2, 0.25) is 0 Å². The first-order valence-electron chi connectivity index (χ1n) is 7.27. The van der Waals surface area contributed by atoms with Gasteiger partial charge in [0, 0.05) is 29.1 Å². The van der Waals surface area contributed by atoms with Crippen LogP contribution in [0.1, 0.15) is 37.1 Å². The lowest BCUT2D eigenvalue weighted by atomic mass is 9.92. The third kappa shape index (κ3) is 2.74. The molecule has 0 bridgehead atoms. The van der Waals surface area contributed by atoms with Crippen LogP contribution in [0.5, 0.6) is 5.75 Å². The maximum absolute atomic E-state index is 13.5.